The summed E-state index contributed by atoms with van der Waals surface area (Å²) in [4.78, 5) is 149. The molecule has 0 spiro atoms. The monoisotopic (exact) mass is 1240 g/mol. The number of hydrogen-bond donors (Lipinski definition) is 3. The Bertz CT molecular complexity index is 2810. The zero-order valence-electron chi connectivity index (χ0n) is 56.0. The van der Waals surface area contributed by atoms with Gasteiger partial charge in [-0.05, 0) is 80.9 Å². The minimum atomic E-state index is -1.25. The van der Waals surface area contributed by atoms with Gasteiger partial charge in [0.05, 0.1) is 30.7 Å². The largest absolute Gasteiger partial charge is 0.480 e. The molecule has 0 fully saturated rings. The van der Waals surface area contributed by atoms with Crippen LogP contribution in [0.25, 0.3) is 0 Å². The van der Waals surface area contributed by atoms with Gasteiger partial charge in [-0.1, -0.05) is 153 Å². The summed E-state index contributed by atoms with van der Waals surface area (Å²) in [5.74, 6) is -8.27. The number of carboxylic acids is 1. The molecule has 3 aromatic carbocycles. The van der Waals surface area contributed by atoms with E-state index in [1.807, 2.05) is 71.0 Å². The SMILES string of the molecule is CC[C@H](C)[C@@H](C(=O)C[C@@H](COC(C)(C)C)C(=O)N(C)[C@@H](Cc1ccccc1)C(=O)O)N(C)C(=O)CN(C)C(=O)[C@@H](NC(=O)[C@H](CC(C)C)N(C)C(=O)[C@H](CC(C)C)NC(=O)[C@H](Cc1ccccc1)N(C)C(=O)[C@H](C)N(C)C(=O)OCc1ccccc1)C(C)C. The molecular weight excluding hydrogens is 1140 g/mol. The van der Waals surface area contributed by atoms with E-state index in [1.165, 1.54) is 68.8 Å². The molecule has 0 saturated carbocycles. The predicted octanol–water partition coefficient (Wildman–Crippen LogP) is 7.13. The summed E-state index contributed by atoms with van der Waals surface area (Å²) >= 11 is 0. The van der Waals surface area contributed by atoms with E-state index in [4.69, 9.17) is 9.47 Å². The topological polar surface area (TPSA) is 253 Å². The van der Waals surface area contributed by atoms with Gasteiger partial charge in [0.15, 0.2) is 5.78 Å². The van der Waals surface area contributed by atoms with Gasteiger partial charge in [-0.3, -0.25) is 43.3 Å². The number of ether oxygens (including phenoxy) is 2. The lowest BCUT2D eigenvalue weighted by atomic mass is 9.88. The number of amides is 8. The second kappa shape index (κ2) is 35.5. The zero-order valence-corrected chi connectivity index (χ0v) is 56.0. The normalized spacial score (nSPS) is 14.6. The maximum atomic E-state index is 14.9. The van der Waals surface area contributed by atoms with Crippen molar-refractivity contribution in [2.75, 3.05) is 55.4 Å². The van der Waals surface area contributed by atoms with Crippen molar-refractivity contribution in [1.82, 2.24) is 40.0 Å². The average molecular weight is 1240 g/mol. The van der Waals surface area contributed by atoms with Crippen molar-refractivity contribution in [2.24, 2.45) is 29.6 Å². The lowest BCUT2D eigenvalue weighted by Crippen LogP contribution is -2.60. The van der Waals surface area contributed by atoms with E-state index in [2.05, 4.69) is 10.6 Å². The van der Waals surface area contributed by atoms with Gasteiger partial charge >= 0.3 is 12.1 Å². The van der Waals surface area contributed by atoms with Crippen molar-refractivity contribution < 1.29 is 62.5 Å². The highest BCUT2D eigenvalue weighted by atomic mass is 16.6. The fraction of sp³-hybridized carbons (Fsp3) is 0.588. The van der Waals surface area contributed by atoms with Crippen LogP contribution in [0.15, 0.2) is 91.0 Å². The number of hydrogen-bond acceptors (Lipinski definition) is 12. The van der Waals surface area contributed by atoms with Gasteiger partial charge in [-0.15, -0.1) is 0 Å². The molecule has 0 aromatic heterocycles. The van der Waals surface area contributed by atoms with Crippen molar-refractivity contribution in [1.29, 1.82) is 0 Å². The van der Waals surface area contributed by atoms with Gasteiger partial charge in [0.1, 0.15) is 42.9 Å². The molecule has 0 saturated heterocycles. The Morgan fingerprint density at radius 2 is 1.02 bits per heavy atom. The van der Waals surface area contributed by atoms with Gasteiger partial charge < -0.3 is 49.7 Å². The Kier molecular flexibility index (Phi) is 30.1. The number of likely N-dealkylation sites (N-methyl/N-ethyl adjacent to an activating group) is 6. The van der Waals surface area contributed by atoms with Gasteiger partial charge in [0.25, 0.3) is 0 Å². The Labute approximate surface area is 528 Å². The Morgan fingerprint density at radius 3 is 1.49 bits per heavy atom. The fourth-order valence-corrected chi connectivity index (χ4v) is 10.4. The second-order valence-corrected chi connectivity index (χ2v) is 25.8. The summed E-state index contributed by atoms with van der Waals surface area (Å²) in [6, 6.07) is 19.0. The fourth-order valence-electron chi connectivity index (χ4n) is 10.4. The highest BCUT2D eigenvalue weighted by Gasteiger charge is 2.41. The molecule has 0 aliphatic carbocycles. The molecule has 0 heterocycles. The van der Waals surface area contributed by atoms with Gasteiger partial charge in [-0.2, -0.15) is 0 Å². The molecule has 492 valence electrons. The molecule has 89 heavy (non-hydrogen) atoms. The third-order valence-corrected chi connectivity index (χ3v) is 16.1. The van der Waals surface area contributed by atoms with E-state index < -0.39 is 131 Å². The number of ketones is 1. The van der Waals surface area contributed by atoms with Crippen molar-refractivity contribution in [3.63, 3.8) is 0 Å². The number of nitrogens with zero attached hydrogens (tertiary/aromatic N) is 6. The van der Waals surface area contributed by atoms with E-state index in [-0.39, 0.29) is 57.2 Å². The van der Waals surface area contributed by atoms with Crippen molar-refractivity contribution in [3.05, 3.63) is 108 Å². The third kappa shape index (κ3) is 23.3. The maximum absolute atomic E-state index is 14.9. The zero-order chi connectivity index (χ0) is 67.2. The third-order valence-electron chi connectivity index (χ3n) is 16.1. The number of rotatable bonds is 34. The van der Waals surface area contributed by atoms with Crippen LogP contribution in [0, 0.1) is 29.6 Å². The quantitative estimate of drug-likeness (QED) is 0.0539. The van der Waals surface area contributed by atoms with E-state index in [0.29, 0.717) is 12.0 Å². The summed E-state index contributed by atoms with van der Waals surface area (Å²) in [5.41, 5.74) is 1.47. The number of carbonyl (C=O) groups excluding carboxylic acids is 9. The standard InChI is InChI=1S/C68H102N8O13/c1-19-46(8)59(56(77)39-51(42-89-68(10,11)12)63(82)75(17)55(66(85)86)38-49-31-25-21-26-32-49)76(18)57(78)40-71(13)65(84)58(45(6)7)70-61(80)53(36-44(4)5)74(16)64(83)52(35-43(2)3)69-60(79)54(37-48-29-23-20-24-30-48)73(15)62(81)47(9)72(14)67(87)88-41-50-33-27-22-28-34-50/h20-34,43-47,51-55,58-59H,19,35-42H2,1-18H3,(H,69,79)(H,70,80)(H,85,86)/t46-,47-,51-,52-,53-,54-,55-,58-,59-/m0/s1. The summed E-state index contributed by atoms with van der Waals surface area (Å²) in [6.45, 7) is 20.8. The minimum absolute atomic E-state index is 0.0141. The first-order chi connectivity index (χ1) is 41.6. The molecule has 0 aliphatic heterocycles. The van der Waals surface area contributed by atoms with Crippen molar-refractivity contribution in [3.8, 4) is 0 Å². The molecule has 8 amide bonds. The van der Waals surface area contributed by atoms with Crippen LogP contribution in [0.4, 0.5) is 4.79 Å². The van der Waals surface area contributed by atoms with Crippen molar-refractivity contribution >= 4 is 59.2 Å². The first kappa shape index (κ1) is 75.6. The van der Waals surface area contributed by atoms with Gasteiger partial charge in [-0.25, -0.2) is 9.59 Å². The average Bonchev–Trinajstić information content (AvgIpc) is 2.88. The number of carboxylic acid groups (broad SMARTS) is 1. The number of carbonyl (C=O) groups is 10. The van der Waals surface area contributed by atoms with Crippen LogP contribution in [0.2, 0.25) is 0 Å². The molecule has 0 unspecified atom stereocenters. The Hall–Kier alpha value is -7.68. The summed E-state index contributed by atoms with van der Waals surface area (Å²) < 4.78 is 11.5. The highest BCUT2D eigenvalue weighted by Crippen LogP contribution is 2.25. The molecule has 3 aromatic rings. The molecule has 0 bridgehead atoms. The maximum Gasteiger partial charge on any atom is 0.410 e. The molecule has 9 atom stereocenters. The first-order valence-corrected chi connectivity index (χ1v) is 30.9. The van der Waals surface area contributed by atoms with Crippen LogP contribution in [0.5, 0.6) is 0 Å². The molecule has 3 rings (SSSR count). The molecule has 0 aliphatic rings. The molecule has 21 heteroatoms. The molecule has 21 nitrogen and oxygen atoms in total. The van der Waals surface area contributed by atoms with E-state index in [1.54, 1.807) is 96.1 Å². The van der Waals surface area contributed by atoms with Crippen LogP contribution in [-0.2, 0) is 72.1 Å². The summed E-state index contributed by atoms with van der Waals surface area (Å²) in [5, 5.41) is 16.1. The van der Waals surface area contributed by atoms with Gasteiger partial charge in [0, 0.05) is 61.5 Å². The molecule has 0 radical (unpaired) electrons. The Balaban J connectivity index is 1.87. The smallest absolute Gasteiger partial charge is 0.410 e. The first-order valence-electron chi connectivity index (χ1n) is 30.9. The lowest BCUT2D eigenvalue weighted by Gasteiger charge is -2.36. The van der Waals surface area contributed by atoms with Crippen LogP contribution < -0.4 is 10.6 Å². The summed E-state index contributed by atoms with van der Waals surface area (Å²) in [7, 11) is 8.63. The number of aliphatic carboxylic acids is 1. The van der Waals surface area contributed by atoms with Crippen LogP contribution in [-0.4, -0.2) is 197 Å². The lowest BCUT2D eigenvalue weighted by molar-refractivity contribution is -0.154. The van der Waals surface area contributed by atoms with E-state index in [0.717, 1.165) is 20.9 Å². The van der Waals surface area contributed by atoms with Crippen LogP contribution in [0.3, 0.4) is 0 Å². The number of Topliss-reactive ketones (excluding diaryl/α,β-unsaturated/α-hetero) is 1. The molecule has 3 N–H and O–H groups in total. The predicted molar refractivity (Wildman–Crippen MR) is 342 cm³/mol. The number of benzene rings is 3. The number of nitrogens with one attached hydrogen (secondary N) is 2. The van der Waals surface area contributed by atoms with Crippen LogP contribution >= 0.6 is 0 Å². The van der Waals surface area contributed by atoms with Gasteiger partial charge in [0.2, 0.25) is 41.4 Å². The second-order valence-electron chi connectivity index (χ2n) is 25.8. The summed E-state index contributed by atoms with van der Waals surface area (Å²) in [6.07, 6.45) is -0.267. The van der Waals surface area contributed by atoms with E-state index >= 15 is 0 Å². The van der Waals surface area contributed by atoms with Crippen molar-refractivity contribution in [2.45, 2.75) is 176 Å². The highest BCUT2D eigenvalue weighted by molar-refractivity contribution is 5.98. The molecular formula is C68H102N8O13. The minimum Gasteiger partial charge on any atom is -0.480 e. The van der Waals surface area contributed by atoms with E-state index in [9.17, 15) is 53.1 Å². The van der Waals surface area contributed by atoms with Crippen LogP contribution in [0.1, 0.15) is 125 Å². The Morgan fingerprint density at radius 1 is 0.551 bits per heavy atom.